The fraction of sp³-hybridized carbons (Fsp3) is 0.333. The first-order valence-electron chi connectivity index (χ1n) is 5.08. The van der Waals surface area contributed by atoms with Gasteiger partial charge in [-0.2, -0.15) is 0 Å². The van der Waals surface area contributed by atoms with Gasteiger partial charge >= 0.3 is 0 Å². The van der Waals surface area contributed by atoms with E-state index in [-0.39, 0.29) is 12.2 Å². The Bertz CT molecular complexity index is 384. The lowest BCUT2D eigenvalue weighted by molar-refractivity contribution is -0.129. The minimum Gasteiger partial charge on any atom is -0.294 e. The molecular formula is C12H15NO3. The lowest BCUT2D eigenvalue weighted by Gasteiger charge is -2.09. The van der Waals surface area contributed by atoms with Crippen LogP contribution in [0.5, 0.6) is 0 Å². The monoisotopic (exact) mass is 221 g/mol. The highest BCUT2D eigenvalue weighted by atomic mass is 16.5. The Morgan fingerprint density at radius 3 is 2.38 bits per heavy atom. The molecule has 1 unspecified atom stereocenters. The Morgan fingerprint density at radius 1 is 1.31 bits per heavy atom. The van der Waals surface area contributed by atoms with Gasteiger partial charge in [0, 0.05) is 17.9 Å². The number of rotatable bonds is 4. The third-order valence-electron chi connectivity index (χ3n) is 2.40. The van der Waals surface area contributed by atoms with Gasteiger partial charge in [-0.15, -0.1) is 0 Å². The first-order valence-corrected chi connectivity index (χ1v) is 5.08. The summed E-state index contributed by atoms with van der Waals surface area (Å²) in [5, 5.41) is 8.36. The number of amides is 1. The molecule has 0 aliphatic heterocycles. The van der Waals surface area contributed by atoms with Crippen molar-refractivity contribution in [2.45, 2.75) is 20.3 Å². The number of benzene rings is 1. The summed E-state index contributed by atoms with van der Waals surface area (Å²) in [6.45, 7) is 3.61. The van der Waals surface area contributed by atoms with Crippen LogP contribution in [0.1, 0.15) is 29.3 Å². The zero-order valence-electron chi connectivity index (χ0n) is 9.36. The van der Waals surface area contributed by atoms with Crippen molar-refractivity contribution in [3.05, 3.63) is 35.4 Å². The van der Waals surface area contributed by atoms with Crippen molar-refractivity contribution in [1.29, 1.82) is 0 Å². The molecule has 1 aromatic rings. The highest BCUT2D eigenvalue weighted by Gasteiger charge is 2.17. The lowest BCUT2D eigenvalue weighted by Crippen LogP contribution is -2.24. The molecule has 1 amide bonds. The van der Waals surface area contributed by atoms with E-state index in [2.05, 4.69) is 0 Å². The number of hydrogen-bond acceptors (Lipinski definition) is 3. The summed E-state index contributed by atoms with van der Waals surface area (Å²) < 4.78 is 0. The Kier molecular flexibility index (Phi) is 4.19. The highest BCUT2D eigenvalue weighted by molar-refractivity contribution is 5.99. The second kappa shape index (κ2) is 5.42. The van der Waals surface area contributed by atoms with Crippen LogP contribution in [0.4, 0.5) is 0 Å². The van der Waals surface area contributed by atoms with Crippen molar-refractivity contribution >= 4 is 11.7 Å². The van der Waals surface area contributed by atoms with Gasteiger partial charge in [0.25, 0.3) is 0 Å². The van der Waals surface area contributed by atoms with Crippen LogP contribution in [-0.4, -0.2) is 16.9 Å². The molecule has 0 aliphatic carbocycles. The van der Waals surface area contributed by atoms with E-state index < -0.39 is 11.8 Å². The fourth-order valence-electron chi connectivity index (χ4n) is 1.42. The van der Waals surface area contributed by atoms with Gasteiger partial charge in [-0.1, -0.05) is 36.8 Å². The van der Waals surface area contributed by atoms with Gasteiger partial charge in [0.1, 0.15) is 0 Å². The molecule has 0 saturated heterocycles. The van der Waals surface area contributed by atoms with Crippen molar-refractivity contribution in [3.63, 3.8) is 0 Å². The Balaban J connectivity index is 2.70. The van der Waals surface area contributed by atoms with Gasteiger partial charge in [0.05, 0.1) is 0 Å². The number of carbonyl (C=O) groups excluding carboxylic acids is 2. The van der Waals surface area contributed by atoms with Crippen LogP contribution in [-0.2, 0) is 4.79 Å². The van der Waals surface area contributed by atoms with Crippen LogP contribution in [0.2, 0.25) is 0 Å². The van der Waals surface area contributed by atoms with Crippen LogP contribution in [0.3, 0.4) is 0 Å². The number of ketones is 1. The molecule has 1 atom stereocenters. The second-order valence-corrected chi connectivity index (χ2v) is 3.87. The molecule has 0 saturated carbocycles. The van der Waals surface area contributed by atoms with E-state index in [9.17, 15) is 9.59 Å². The van der Waals surface area contributed by atoms with Crippen LogP contribution in [0.15, 0.2) is 24.3 Å². The smallest absolute Gasteiger partial charge is 0.244 e. The molecule has 0 aliphatic rings. The largest absolute Gasteiger partial charge is 0.294 e. The van der Waals surface area contributed by atoms with E-state index in [1.807, 2.05) is 19.1 Å². The first kappa shape index (κ1) is 12.4. The molecule has 0 aromatic heterocycles. The molecular weight excluding hydrogens is 206 g/mol. The van der Waals surface area contributed by atoms with E-state index in [0.717, 1.165) is 5.56 Å². The molecule has 2 N–H and O–H groups in total. The van der Waals surface area contributed by atoms with Crippen LogP contribution < -0.4 is 5.48 Å². The average Bonchev–Trinajstić information content (AvgIpc) is 2.28. The van der Waals surface area contributed by atoms with Gasteiger partial charge in [0.2, 0.25) is 5.91 Å². The topological polar surface area (TPSA) is 66.4 Å². The second-order valence-electron chi connectivity index (χ2n) is 3.87. The molecule has 1 rings (SSSR count). The molecule has 4 heteroatoms. The number of hydroxylamine groups is 1. The predicted octanol–water partition coefficient (Wildman–Crippen LogP) is 1.71. The van der Waals surface area contributed by atoms with Crippen LogP contribution >= 0.6 is 0 Å². The number of nitrogens with one attached hydrogen (secondary N) is 1. The van der Waals surface area contributed by atoms with E-state index in [4.69, 9.17) is 5.21 Å². The molecule has 4 nitrogen and oxygen atoms in total. The maximum absolute atomic E-state index is 11.8. The quantitative estimate of drug-likeness (QED) is 0.462. The van der Waals surface area contributed by atoms with Crippen molar-refractivity contribution in [2.24, 2.45) is 5.92 Å². The summed E-state index contributed by atoms with van der Waals surface area (Å²) in [6.07, 6.45) is -0.0107. The fourth-order valence-corrected chi connectivity index (χ4v) is 1.42. The number of carbonyl (C=O) groups is 2. The zero-order valence-corrected chi connectivity index (χ0v) is 9.36. The summed E-state index contributed by atoms with van der Waals surface area (Å²) in [7, 11) is 0. The minimum atomic E-state index is -0.548. The summed E-state index contributed by atoms with van der Waals surface area (Å²) in [5.41, 5.74) is 3.19. The summed E-state index contributed by atoms with van der Waals surface area (Å²) in [5.74, 6) is -1.08. The number of hydrogen-bond donors (Lipinski definition) is 2. The third-order valence-corrected chi connectivity index (χ3v) is 2.40. The number of Topliss-reactive ketones (excluding diaryl/α,β-unsaturated/α-hetero) is 1. The van der Waals surface area contributed by atoms with E-state index in [0.29, 0.717) is 5.56 Å². The van der Waals surface area contributed by atoms with Crippen molar-refractivity contribution in [2.75, 3.05) is 0 Å². The zero-order chi connectivity index (χ0) is 12.1. The van der Waals surface area contributed by atoms with Crippen LogP contribution in [0, 0.1) is 12.8 Å². The molecule has 1 aromatic carbocycles. The van der Waals surface area contributed by atoms with E-state index in [1.54, 1.807) is 19.1 Å². The normalized spacial score (nSPS) is 11.9. The summed E-state index contributed by atoms with van der Waals surface area (Å²) >= 11 is 0. The molecule has 0 fully saturated rings. The molecule has 86 valence electrons. The maximum Gasteiger partial charge on any atom is 0.244 e. The van der Waals surface area contributed by atoms with Gasteiger partial charge in [0.15, 0.2) is 5.78 Å². The average molecular weight is 221 g/mol. The van der Waals surface area contributed by atoms with Gasteiger partial charge in [-0.25, -0.2) is 5.48 Å². The van der Waals surface area contributed by atoms with E-state index >= 15 is 0 Å². The van der Waals surface area contributed by atoms with Crippen molar-refractivity contribution < 1.29 is 14.8 Å². The Hall–Kier alpha value is -1.68. The molecule has 16 heavy (non-hydrogen) atoms. The maximum atomic E-state index is 11.8. The standard InChI is InChI=1S/C12H15NO3/c1-8-3-5-10(6-4-8)12(15)9(2)7-11(14)13-16/h3-6,9,16H,7H2,1-2H3,(H,13,14). The van der Waals surface area contributed by atoms with Gasteiger partial charge in [-0.3, -0.25) is 14.8 Å². The minimum absolute atomic E-state index is 0.0107. The molecule has 0 bridgehead atoms. The third kappa shape index (κ3) is 3.17. The lowest BCUT2D eigenvalue weighted by atomic mass is 9.96. The Morgan fingerprint density at radius 2 is 1.88 bits per heavy atom. The molecule has 0 heterocycles. The van der Waals surface area contributed by atoms with Crippen molar-refractivity contribution in [1.82, 2.24) is 5.48 Å². The SMILES string of the molecule is Cc1ccc(C(=O)C(C)CC(=O)NO)cc1. The summed E-state index contributed by atoms with van der Waals surface area (Å²) in [4.78, 5) is 22.7. The van der Waals surface area contributed by atoms with Gasteiger partial charge in [-0.05, 0) is 6.92 Å². The predicted molar refractivity (Wildman–Crippen MR) is 59.2 cm³/mol. The first-order chi connectivity index (χ1) is 7.54. The molecule has 0 radical (unpaired) electrons. The summed E-state index contributed by atoms with van der Waals surface area (Å²) in [6, 6.07) is 7.19. The van der Waals surface area contributed by atoms with Crippen molar-refractivity contribution in [3.8, 4) is 0 Å². The van der Waals surface area contributed by atoms with Crippen LogP contribution in [0.25, 0.3) is 0 Å². The number of aryl methyl sites for hydroxylation is 1. The highest BCUT2D eigenvalue weighted by Crippen LogP contribution is 2.12. The van der Waals surface area contributed by atoms with E-state index in [1.165, 1.54) is 5.48 Å². The Labute approximate surface area is 94.2 Å². The van der Waals surface area contributed by atoms with Gasteiger partial charge < -0.3 is 0 Å². The molecule has 0 spiro atoms.